The number of hydrogen-bond acceptors (Lipinski definition) is 7. The Morgan fingerprint density at radius 2 is 2.07 bits per heavy atom. The van der Waals surface area contributed by atoms with Crippen molar-refractivity contribution >= 4 is 17.8 Å². The average molecular weight is 381 g/mol. The maximum Gasteiger partial charge on any atom is 0.323 e. The second-order valence-electron chi connectivity index (χ2n) is 5.54. The summed E-state index contributed by atoms with van der Waals surface area (Å²) in [5.74, 6) is -1.23. The van der Waals surface area contributed by atoms with E-state index in [1.54, 1.807) is 6.07 Å². The number of methoxy groups -OCH3 is 1. The summed E-state index contributed by atoms with van der Waals surface area (Å²) in [6.45, 7) is 0. The fraction of sp³-hybridized carbons (Fsp3) is 0.0556. The van der Waals surface area contributed by atoms with Crippen LogP contribution in [-0.2, 0) is 0 Å². The number of rotatable bonds is 6. The van der Waals surface area contributed by atoms with Gasteiger partial charge in [-0.15, -0.1) is 0 Å². The highest BCUT2D eigenvalue weighted by molar-refractivity contribution is 5.95. The zero-order valence-corrected chi connectivity index (χ0v) is 14.6. The summed E-state index contributed by atoms with van der Waals surface area (Å²) in [6.07, 6.45) is 1.09. The van der Waals surface area contributed by atoms with E-state index in [2.05, 4.69) is 20.7 Å². The Morgan fingerprint density at radius 3 is 2.75 bits per heavy atom. The van der Waals surface area contributed by atoms with Gasteiger partial charge in [-0.25, -0.2) is 5.43 Å². The number of ether oxygens (including phenoxy) is 1. The molecule has 2 aromatic carbocycles. The number of aromatic nitrogens is 2. The normalized spacial score (nSPS) is 10.8. The molecule has 1 amide bonds. The Kier molecular flexibility index (Phi) is 5.30. The minimum Gasteiger partial charge on any atom is -0.504 e. The molecule has 3 rings (SSSR count). The van der Waals surface area contributed by atoms with E-state index in [0.717, 1.165) is 11.8 Å². The molecular formula is C18H15N5O5. The van der Waals surface area contributed by atoms with Gasteiger partial charge >= 0.3 is 5.69 Å². The van der Waals surface area contributed by atoms with Crippen LogP contribution < -0.4 is 10.2 Å². The number of hydrogen-bond donors (Lipinski definition) is 3. The zero-order chi connectivity index (χ0) is 20.1. The first-order valence-electron chi connectivity index (χ1n) is 8.00. The molecule has 0 bridgehead atoms. The number of amides is 1. The molecule has 28 heavy (non-hydrogen) atoms. The van der Waals surface area contributed by atoms with E-state index in [1.807, 2.05) is 30.3 Å². The smallest absolute Gasteiger partial charge is 0.323 e. The van der Waals surface area contributed by atoms with Crippen LogP contribution in [0.5, 0.6) is 11.5 Å². The first-order chi connectivity index (χ1) is 13.5. The average Bonchev–Trinajstić information content (AvgIpc) is 3.19. The fourth-order valence-electron chi connectivity index (χ4n) is 2.48. The second-order valence-corrected chi connectivity index (χ2v) is 5.54. The number of H-pyrrole nitrogens is 1. The van der Waals surface area contributed by atoms with Crippen molar-refractivity contribution in [3.63, 3.8) is 0 Å². The van der Waals surface area contributed by atoms with Gasteiger partial charge in [-0.1, -0.05) is 30.3 Å². The number of nitro groups is 1. The number of aromatic amines is 1. The molecule has 0 aliphatic rings. The van der Waals surface area contributed by atoms with E-state index in [0.29, 0.717) is 5.69 Å². The number of phenols is 1. The Hall–Kier alpha value is -4.21. The van der Waals surface area contributed by atoms with Gasteiger partial charge in [-0.3, -0.25) is 20.0 Å². The molecule has 10 nitrogen and oxygen atoms in total. The second kappa shape index (κ2) is 7.99. The van der Waals surface area contributed by atoms with Crippen molar-refractivity contribution in [2.75, 3.05) is 7.11 Å². The molecule has 0 saturated heterocycles. The van der Waals surface area contributed by atoms with Gasteiger partial charge in [-0.05, 0) is 18.2 Å². The van der Waals surface area contributed by atoms with Crippen LogP contribution in [0.15, 0.2) is 53.6 Å². The van der Waals surface area contributed by atoms with E-state index in [9.17, 15) is 20.0 Å². The van der Waals surface area contributed by atoms with Crippen molar-refractivity contribution in [1.82, 2.24) is 15.6 Å². The number of carbonyl (C=O) groups excluding carboxylic acids is 1. The van der Waals surface area contributed by atoms with Crippen molar-refractivity contribution in [2.24, 2.45) is 5.10 Å². The first kappa shape index (κ1) is 18.6. The highest BCUT2D eigenvalue weighted by Gasteiger charge is 2.23. The van der Waals surface area contributed by atoms with Gasteiger partial charge in [0.25, 0.3) is 5.91 Å². The predicted molar refractivity (Wildman–Crippen MR) is 100 cm³/mol. The molecule has 0 fully saturated rings. The molecule has 1 aromatic heterocycles. The largest absolute Gasteiger partial charge is 0.504 e. The highest BCUT2D eigenvalue weighted by atomic mass is 16.6. The van der Waals surface area contributed by atoms with Crippen molar-refractivity contribution in [2.45, 2.75) is 0 Å². The summed E-state index contributed by atoms with van der Waals surface area (Å²) in [5.41, 5.74) is 3.46. The van der Waals surface area contributed by atoms with Gasteiger partial charge in [0.1, 0.15) is 5.69 Å². The summed E-state index contributed by atoms with van der Waals surface area (Å²) >= 11 is 0. The number of aromatic hydroxyl groups is 1. The van der Waals surface area contributed by atoms with Crippen LogP contribution in [0.4, 0.5) is 5.69 Å². The number of carbonyl (C=O) groups is 1. The van der Waals surface area contributed by atoms with Crippen LogP contribution in [0.2, 0.25) is 0 Å². The van der Waals surface area contributed by atoms with Gasteiger partial charge in [0.2, 0.25) is 5.75 Å². The summed E-state index contributed by atoms with van der Waals surface area (Å²) in [7, 11) is 1.20. The maximum atomic E-state index is 12.2. The third-order valence-electron chi connectivity index (χ3n) is 3.79. The molecule has 0 spiro atoms. The van der Waals surface area contributed by atoms with Crippen LogP contribution in [-0.4, -0.2) is 39.5 Å². The molecule has 0 unspecified atom stereocenters. The van der Waals surface area contributed by atoms with Crippen molar-refractivity contribution in [1.29, 1.82) is 0 Å². The lowest BCUT2D eigenvalue weighted by Crippen LogP contribution is -2.18. The number of nitrogens with one attached hydrogen (secondary N) is 2. The molecular weight excluding hydrogens is 366 g/mol. The number of hydrazone groups is 1. The van der Waals surface area contributed by atoms with E-state index in [1.165, 1.54) is 19.2 Å². The van der Waals surface area contributed by atoms with E-state index >= 15 is 0 Å². The Bertz CT molecular complexity index is 1050. The van der Waals surface area contributed by atoms with Crippen molar-refractivity contribution in [3.8, 4) is 22.8 Å². The van der Waals surface area contributed by atoms with Crippen LogP contribution in [0.3, 0.4) is 0 Å². The topological polar surface area (TPSA) is 143 Å². The molecule has 0 atom stereocenters. The molecule has 0 aliphatic carbocycles. The lowest BCUT2D eigenvalue weighted by atomic mass is 10.1. The lowest BCUT2D eigenvalue weighted by molar-refractivity contribution is -0.386. The number of nitro benzene ring substituents is 1. The quantitative estimate of drug-likeness (QED) is 0.340. The van der Waals surface area contributed by atoms with E-state index in [4.69, 9.17) is 4.74 Å². The van der Waals surface area contributed by atoms with Crippen LogP contribution in [0, 0.1) is 10.1 Å². The van der Waals surface area contributed by atoms with Crippen LogP contribution >= 0.6 is 0 Å². The maximum absolute atomic E-state index is 12.2. The van der Waals surface area contributed by atoms with Crippen LogP contribution in [0.1, 0.15) is 16.1 Å². The predicted octanol–water partition coefficient (Wildman–Crippen LogP) is 2.46. The number of nitrogens with zero attached hydrogens (tertiary/aromatic N) is 3. The molecule has 10 heteroatoms. The van der Waals surface area contributed by atoms with Crippen LogP contribution in [0.25, 0.3) is 11.3 Å². The number of benzene rings is 2. The van der Waals surface area contributed by atoms with Gasteiger partial charge in [-0.2, -0.15) is 10.2 Å². The highest BCUT2D eigenvalue weighted by Crippen LogP contribution is 2.37. The summed E-state index contributed by atoms with van der Waals surface area (Å²) in [5, 5.41) is 31.3. The first-order valence-corrected chi connectivity index (χ1v) is 8.00. The summed E-state index contributed by atoms with van der Waals surface area (Å²) in [4.78, 5) is 22.7. The molecule has 0 radical (unpaired) electrons. The van der Waals surface area contributed by atoms with Gasteiger partial charge in [0.15, 0.2) is 5.75 Å². The summed E-state index contributed by atoms with van der Waals surface area (Å²) < 4.78 is 4.87. The molecule has 0 aliphatic heterocycles. The van der Waals surface area contributed by atoms with E-state index in [-0.39, 0.29) is 22.8 Å². The minimum atomic E-state index is -0.706. The van der Waals surface area contributed by atoms with E-state index < -0.39 is 16.5 Å². The number of phenolic OH excluding ortho intramolecular Hbond substituents is 1. The molecule has 1 heterocycles. The Morgan fingerprint density at radius 1 is 1.32 bits per heavy atom. The monoisotopic (exact) mass is 381 g/mol. The zero-order valence-electron chi connectivity index (χ0n) is 14.6. The SMILES string of the molecule is COc1c(O)ccc(/C=N\NC(=O)c2cc(-c3ccccc3)n[nH]2)c1[N+](=O)[O-]. The standard InChI is InChI=1S/C18H15N5O5/c1-28-17-15(24)8-7-12(16(17)23(26)27)10-19-22-18(25)14-9-13(20-21-14)11-5-3-2-4-6-11/h2-10,24H,1H3,(H,20,21)(H,22,25)/b19-10-. The molecule has 3 aromatic rings. The fourth-order valence-corrected chi connectivity index (χ4v) is 2.48. The van der Waals surface area contributed by atoms with Gasteiger partial charge in [0, 0.05) is 5.56 Å². The van der Waals surface area contributed by atoms with Crippen molar-refractivity contribution < 1.29 is 19.6 Å². The summed E-state index contributed by atoms with van der Waals surface area (Å²) in [6, 6.07) is 13.4. The molecule has 142 valence electrons. The third kappa shape index (κ3) is 3.80. The third-order valence-corrected chi connectivity index (χ3v) is 3.79. The van der Waals surface area contributed by atoms with Gasteiger partial charge < -0.3 is 9.84 Å². The molecule has 0 saturated carbocycles. The molecule has 3 N–H and O–H groups in total. The van der Waals surface area contributed by atoms with Crippen molar-refractivity contribution in [3.05, 3.63) is 69.9 Å². The van der Waals surface area contributed by atoms with Gasteiger partial charge in [0.05, 0.1) is 29.5 Å². The minimum absolute atomic E-state index is 0.0505. The Labute approximate surface area is 158 Å². The lowest BCUT2D eigenvalue weighted by Gasteiger charge is -2.06. The Balaban J connectivity index is 1.76.